The molecular weight excluding hydrogens is 298 g/mol. The number of amides is 1. The van der Waals surface area contributed by atoms with Gasteiger partial charge >= 0.3 is 0 Å². The summed E-state index contributed by atoms with van der Waals surface area (Å²) in [6.07, 6.45) is 6.03. The van der Waals surface area contributed by atoms with Crippen molar-refractivity contribution in [3.63, 3.8) is 0 Å². The molecule has 1 saturated carbocycles. The van der Waals surface area contributed by atoms with Gasteiger partial charge in [0.25, 0.3) is 0 Å². The smallest absolute Gasteiger partial charge is 0.244 e. The van der Waals surface area contributed by atoms with E-state index >= 15 is 0 Å². The molecule has 0 saturated heterocycles. The van der Waals surface area contributed by atoms with E-state index in [4.69, 9.17) is 9.52 Å². The quantitative estimate of drug-likeness (QED) is 0.792. The zero-order valence-corrected chi connectivity index (χ0v) is 11.6. The topological polar surface area (TPSA) is 62.5 Å². The lowest BCUT2D eigenvalue weighted by Crippen LogP contribution is -2.29. The maximum atomic E-state index is 11.6. The van der Waals surface area contributed by atoms with Crippen molar-refractivity contribution < 1.29 is 14.3 Å². The first kappa shape index (κ1) is 13.4. The molecule has 0 aromatic carbocycles. The first-order valence-electron chi connectivity index (χ1n) is 5.96. The second-order valence-corrected chi connectivity index (χ2v) is 5.45. The third-order valence-electron chi connectivity index (χ3n) is 3.23. The van der Waals surface area contributed by atoms with Crippen LogP contribution in [0.2, 0.25) is 0 Å². The summed E-state index contributed by atoms with van der Waals surface area (Å²) in [4.78, 5) is 11.6. The normalized spacial score (nSPS) is 17.0. The zero-order chi connectivity index (χ0) is 13.0. The number of furan rings is 1. The van der Waals surface area contributed by atoms with Crippen molar-refractivity contribution >= 4 is 27.9 Å². The molecule has 1 heterocycles. The Morgan fingerprint density at radius 1 is 1.56 bits per heavy atom. The summed E-state index contributed by atoms with van der Waals surface area (Å²) in [6.45, 7) is 0.824. The van der Waals surface area contributed by atoms with Crippen LogP contribution in [0.25, 0.3) is 6.08 Å². The number of rotatable bonds is 6. The number of hydrogen-bond acceptors (Lipinski definition) is 3. The van der Waals surface area contributed by atoms with Gasteiger partial charge in [0.1, 0.15) is 5.76 Å². The van der Waals surface area contributed by atoms with Crippen LogP contribution in [0.5, 0.6) is 0 Å². The number of carbonyl (C=O) groups excluding carboxylic acids is 1. The number of halogens is 1. The number of nitrogens with one attached hydrogen (secondary N) is 1. The van der Waals surface area contributed by atoms with Gasteiger partial charge < -0.3 is 14.8 Å². The molecule has 0 aliphatic heterocycles. The highest BCUT2D eigenvalue weighted by Gasteiger charge is 2.41. The molecule has 1 aromatic heterocycles. The van der Waals surface area contributed by atoms with Gasteiger partial charge in [0, 0.05) is 19.2 Å². The molecule has 2 rings (SSSR count). The van der Waals surface area contributed by atoms with Gasteiger partial charge in [-0.05, 0) is 58.8 Å². The second-order valence-electron chi connectivity index (χ2n) is 4.67. The van der Waals surface area contributed by atoms with Gasteiger partial charge in [-0.3, -0.25) is 4.79 Å². The summed E-state index contributed by atoms with van der Waals surface area (Å²) in [5, 5.41) is 11.8. The number of hydrogen-bond donors (Lipinski definition) is 2. The standard InChI is InChI=1S/C13H16BrNO3/c14-11-3-1-10(18-11)2-4-12(17)15-9-13(5-6-13)7-8-16/h1-4,16H,5-9H2,(H,15,17)/b4-2+. The van der Waals surface area contributed by atoms with E-state index in [1.807, 2.05) is 0 Å². The zero-order valence-electron chi connectivity index (χ0n) is 9.99. The van der Waals surface area contributed by atoms with Gasteiger partial charge in [-0.1, -0.05) is 0 Å². The largest absolute Gasteiger partial charge is 0.450 e. The summed E-state index contributed by atoms with van der Waals surface area (Å²) >= 11 is 3.20. The lowest BCUT2D eigenvalue weighted by Gasteiger charge is -2.13. The molecule has 0 radical (unpaired) electrons. The van der Waals surface area contributed by atoms with Crippen LogP contribution in [0.1, 0.15) is 25.0 Å². The molecule has 98 valence electrons. The summed E-state index contributed by atoms with van der Waals surface area (Å²) in [6, 6.07) is 3.56. The van der Waals surface area contributed by atoms with Crippen molar-refractivity contribution in [2.24, 2.45) is 5.41 Å². The highest BCUT2D eigenvalue weighted by Crippen LogP contribution is 2.47. The molecule has 0 atom stereocenters. The Bertz CT molecular complexity index is 449. The predicted molar refractivity (Wildman–Crippen MR) is 71.8 cm³/mol. The molecule has 0 unspecified atom stereocenters. The maximum absolute atomic E-state index is 11.6. The van der Waals surface area contributed by atoms with E-state index in [2.05, 4.69) is 21.2 Å². The minimum Gasteiger partial charge on any atom is -0.450 e. The molecule has 1 aliphatic carbocycles. The van der Waals surface area contributed by atoms with E-state index < -0.39 is 0 Å². The van der Waals surface area contributed by atoms with Gasteiger partial charge in [0.15, 0.2) is 4.67 Å². The monoisotopic (exact) mass is 313 g/mol. The minimum atomic E-state index is -0.133. The highest BCUT2D eigenvalue weighted by molar-refractivity contribution is 9.10. The second kappa shape index (κ2) is 5.71. The van der Waals surface area contributed by atoms with Gasteiger partial charge in [-0.15, -0.1) is 0 Å². The average molecular weight is 314 g/mol. The van der Waals surface area contributed by atoms with Crippen LogP contribution < -0.4 is 5.32 Å². The number of aliphatic hydroxyl groups is 1. The van der Waals surface area contributed by atoms with Crippen LogP contribution in [-0.4, -0.2) is 24.2 Å². The lowest BCUT2D eigenvalue weighted by atomic mass is 10.0. The Labute approximate surface area is 114 Å². The van der Waals surface area contributed by atoms with E-state index in [0.29, 0.717) is 17.0 Å². The SMILES string of the molecule is O=C(/C=C/c1ccc(Br)o1)NCC1(CCO)CC1. The Morgan fingerprint density at radius 2 is 2.33 bits per heavy atom. The van der Waals surface area contributed by atoms with Crippen LogP contribution in [0.4, 0.5) is 0 Å². The summed E-state index contributed by atoms with van der Waals surface area (Å²) in [5.74, 6) is 0.500. The fourth-order valence-corrected chi connectivity index (χ4v) is 2.16. The van der Waals surface area contributed by atoms with Crippen molar-refractivity contribution in [1.29, 1.82) is 0 Å². The minimum absolute atomic E-state index is 0.133. The Morgan fingerprint density at radius 3 is 2.89 bits per heavy atom. The van der Waals surface area contributed by atoms with Gasteiger partial charge in [0.05, 0.1) is 0 Å². The molecule has 5 heteroatoms. The number of carbonyl (C=O) groups is 1. The van der Waals surface area contributed by atoms with Gasteiger partial charge in [-0.2, -0.15) is 0 Å². The highest BCUT2D eigenvalue weighted by atomic mass is 79.9. The van der Waals surface area contributed by atoms with Gasteiger partial charge in [0.2, 0.25) is 5.91 Å². The molecule has 1 aromatic rings. The fourth-order valence-electron chi connectivity index (χ4n) is 1.84. The fraction of sp³-hybridized carbons (Fsp3) is 0.462. The van der Waals surface area contributed by atoms with Crippen molar-refractivity contribution in [2.45, 2.75) is 19.3 Å². The maximum Gasteiger partial charge on any atom is 0.244 e. The molecule has 1 aliphatic rings. The summed E-state index contributed by atoms with van der Waals surface area (Å²) in [5.41, 5.74) is 0.145. The Balaban J connectivity index is 1.77. The van der Waals surface area contributed by atoms with E-state index in [0.717, 1.165) is 19.3 Å². The molecule has 18 heavy (non-hydrogen) atoms. The Hall–Kier alpha value is -1.07. The van der Waals surface area contributed by atoms with E-state index in [1.165, 1.54) is 6.08 Å². The van der Waals surface area contributed by atoms with Crippen molar-refractivity contribution in [3.05, 3.63) is 28.6 Å². The molecule has 4 nitrogen and oxygen atoms in total. The van der Waals surface area contributed by atoms with Crippen LogP contribution in [0, 0.1) is 5.41 Å². The number of aliphatic hydroxyl groups excluding tert-OH is 1. The van der Waals surface area contributed by atoms with Crippen LogP contribution in [-0.2, 0) is 4.79 Å². The third-order valence-corrected chi connectivity index (χ3v) is 3.66. The molecule has 0 spiro atoms. The van der Waals surface area contributed by atoms with Crippen LogP contribution in [0.3, 0.4) is 0 Å². The first-order valence-corrected chi connectivity index (χ1v) is 6.75. The van der Waals surface area contributed by atoms with E-state index in [-0.39, 0.29) is 17.9 Å². The predicted octanol–water partition coefficient (Wildman–Crippen LogP) is 2.33. The molecule has 1 fully saturated rings. The van der Waals surface area contributed by atoms with E-state index in [9.17, 15) is 4.79 Å². The Kier molecular flexibility index (Phi) is 4.24. The van der Waals surface area contributed by atoms with Crippen LogP contribution >= 0.6 is 15.9 Å². The van der Waals surface area contributed by atoms with Crippen LogP contribution in [0.15, 0.2) is 27.3 Å². The first-order chi connectivity index (χ1) is 8.63. The average Bonchev–Trinajstić information content (AvgIpc) is 2.99. The summed E-state index contributed by atoms with van der Waals surface area (Å²) in [7, 11) is 0. The third kappa shape index (κ3) is 3.71. The molecule has 1 amide bonds. The molecule has 0 bridgehead atoms. The van der Waals surface area contributed by atoms with Crippen molar-refractivity contribution in [1.82, 2.24) is 5.32 Å². The summed E-state index contributed by atoms with van der Waals surface area (Å²) < 4.78 is 5.89. The van der Waals surface area contributed by atoms with E-state index in [1.54, 1.807) is 18.2 Å². The van der Waals surface area contributed by atoms with Gasteiger partial charge in [-0.25, -0.2) is 0 Å². The van der Waals surface area contributed by atoms with Crippen molar-refractivity contribution in [2.75, 3.05) is 13.2 Å². The molecule has 2 N–H and O–H groups in total. The molecular formula is C13H16BrNO3. The van der Waals surface area contributed by atoms with Crippen molar-refractivity contribution in [3.8, 4) is 0 Å². The lowest BCUT2D eigenvalue weighted by molar-refractivity contribution is -0.116.